The van der Waals surface area contributed by atoms with E-state index in [1.165, 1.54) is 25.9 Å². The molecule has 16 heavy (non-hydrogen) atoms. The molecule has 3 N–H and O–H groups in total. The van der Waals surface area contributed by atoms with Gasteiger partial charge >= 0.3 is 0 Å². The molecule has 2 rings (SSSR count). The molecule has 1 fully saturated rings. The summed E-state index contributed by atoms with van der Waals surface area (Å²) in [4.78, 5) is 3.78. The molecule has 0 saturated carbocycles. The fraction of sp³-hybridized carbons (Fsp3) is 0.615. The lowest BCUT2D eigenvalue weighted by molar-refractivity contribution is 0.281. The number of nitrogens with two attached hydrogens (primary N) is 1. The lowest BCUT2D eigenvalue weighted by Crippen LogP contribution is -2.33. The maximum absolute atomic E-state index is 5.58. The third kappa shape index (κ3) is 5.24. The van der Waals surface area contributed by atoms with Crippen molar-refractivity contribution in [2.24, 2.45) is 17.6 Å². The molecule has 0 aromatic carbocycles. The fourth-order valence-corrected chi connectivity index (χ4v) is 1.92. The van der Waals surface area contributed by atoms with Gasteiger partial charge in [-0.3, -0.25) is 4.98 Å². The number of hydrogen-bond acceptors (Lipinski definition) is 3. The van der Waals surface area contributed by atoms with Gasteiger partial charge in [0.1, 0.15) is 0 Å². The number of nitrogens with zero attached hydrogens (tertiary/aromatic N) is 1. The zero-order valence-electron chi connectivity index (χ0n) is 10.1. The van der Waals surface area contributed by atoms with Gasteiger partial charge in [0.2, 0.25) is 0 Å². The van der Waals surface area contributed by atoms with E-state index in [1.54, 1.807) is 12.4 Å². The van der Waals surface area contributed by atoms with Crippen LogP contribution in [0.2, 0.25) is 0 Å². The summed E-state index contributed by atoms with van der Waals surface area (Å²) >= 11 is 0. The molecule has 2 heterocycles. The third-order valence-corrected chi connectivity index (χ3v) is 3.13. The van der Waals surface area contributed by atoms with Crippen LogP contribution in [0.5, 0.6) is 0 Å². The Kier molecular flexibility index (Phi) is 6.77. The van der Waals surface area contributed by atoms with Crippen molar-refractivity contribution >= 4 is 0 Å². The van der Waals surface area contributed by atoms with Crippen LogP contribution >= 0.6 is 0 Å². The summed E-state index contributed by atoms with van der Waals surface area (Å²) in [6.45, 7) is 5.49. The highest BCUT2D eigenvalue weighted by molar-refractivity contribution is 4.88. The van der Waals surface area contributed by atoms with Crippen molar-refractivity contribution in [2.45, 2.75) is 19.8 Å². The SMILES string of the molecule is CC(CN)C1CCNCC1.c1ccncc1. The molecule has 0 bridgehead atoms. The molecule has 0 aliphatic carbocycles. The Bertz CT molecular complexity index is 218. The van der Waals surface area contributed by atoms with Crippen LogP contribution in [0, 0.1) is 11.8 Å². The summed E-state index contributed by atoms with van der Waals surface area (Å²) < 4.78 is 0. The molecule has 1 aliphatic rings. The summed E-state index contributed by atoms with van der Waals surface area (Å²) in [7, 11) is 0. The normalized spacial score (nSPS) is 18.4. The Morgan fingerprint density at radius 3 is 2.25 bits per heavy atom. The van der Waals surface area contributed by atoms with Gasteiger partial charge in [0, 0.05) is 12.4 Å². The van der Waals surface area contributed by atoms with Gasteiger partial charge in [-0.05, 0) is 56.4 Å². The quantitative estimate of drug-likeness (QED) is 0.798. The molecule has 0 spiro atoms. The Hall–Kier alpha value is -0.930. The van der Waals surface area contributed by atoms with E-state index in [1.807, 2.05) is 18.2 Å². The minimum Gasteiger partial charge on any atom is -0.330 e. The second-order valence-electron chi connectivity index (χ2n) is 4.32. The Balaban J connectivity index is 0.000000181. The van der Waals surface area contributed by atoms with Crippen molar-refractivity contribution in [1.82, 2.24) is 10.3 Å². The lowest BCUT2D eigenvalue weighted by atomic mass is 9.86. The van der Waals surface area contributed by atoms with Crippen LogP contribution < -0.4 is 11.1 Å². The minimum absolute atomic E-state index is 0.724. The maximum Gasteiger partial charge on any atom is 0.0267 e. The van der Waals surface area contributed by atoms with Gasteiger partial charge in [0.15, 0.2) is 0 Å². The third-order valence-electron chi connectivity index (χ3n) is 3.13. The van der Waals surface area contributed by atoms with Gasteiger partial charge in [-0.1, -0.05) is 13.0 Å². The van der Waals surface area contributed by atoms with Crippen LogP contribution in [0.4, 0.5) is 0 Å². The van der Waals surface area contributed by atoms with Crippen molar-refractivity contribution in [1.29, 1.82) is 0 Å². The summed E-state index contributed by atoms with van der Waals surface area (Å²) in [5.41, 5.74) is 5.58. The molecule has 3 heteroatoms. The fourth-order valence-electron chi connectivity index (χ4n) is 1.92. The molecule has 1 aromatic heterocycles. The van der Waals surface area contributed by atoms with Crippen molar-refractivity contribution in [3.63, 3.8) is 0 Å². The lowest BCUT2D eigenvalue weighted by Gasteiger charge is -2.27. The zero-order valence-corrected chi connectivity index (χ0v) is 10.1. The van der Waals surface area contributed by atoms with Crippen LogP contribution in [0.3, 0.4) is 0 Å². The topological polar surface area (TPSA) is 50.9 Å². The number of pyridine rings is 1. The first-order valence-electron chi connectivity index (χ1n) is 6.10. The van der Waals surface area contributed by atoms with E-state index in [9.17, 15) is 0 Å². The van der Waals surface area contributed by atoms with Gasteiger partial charge in [0.25, 0.3) is 0 Å². The molecular formula is C13H23N3. The molecule has 3 nitrogen and oxygen atoms in total. The van der Waals surface area contributed by atoms with Crippen molar-refractivity contribution in [3.05, 3.63) is 30.6 Å². The minimum atomic E-state index is 0.724. The second-order valence-corrected chi connectivity index (χ2v) is 4.32. The van der Waals surface area contributed by atoms with Gasteiger partial charge in [-0.2, -0.15) is 0 Å². The van der Waals surface area contributed by atoms with E-state index < -0.39 is 0 Å². The zero-order chi connectivity index (χ0) is 11.6. The number of hydrogen-bond donors (Lipinski definition) is 2. The Labute approximate surface area is 98.5 Å². The molecule has 1 aliphatic heterocycles. The summed E-state index contributed by atoms with van der Waals surface area (Å²) in [6.07, 6.45) is 6.14. The maximum atomic E-state index is 5.58. The molecule has 90 valence electrons. The van der Waals surface area contributed by atoms with Crippen LogP contribution in [-0.4, -0.2) is 24.6 Å². The number of rotatable bonds is 2. The standard InChI is InChI=1S/C8H18N2.C5H5N/c1-7(6-9)8-2-4-10-5-3-8;1-2-4-6-5-3-1/h7-8,10H,2-6,9H2,1H3;1-5H. The molecule has 1 unspecified atom stereocenters. The molecule has 1 atom stereocenters. The first-order valence-corrected chi connectivity index (χ1v) is 6.10. The Morgan fingerprint density at radius 2 is 1.88 bits per heavy atom. The summed E-state index contributed by atoms with van der Waals surface area (Å²) in [6, 6.07) is 5.72. The van der Waals surface area contributed by atoms with E-state index in [0.29, 0.717) is 0 Å². The first-order chi connectivity index (χ1) is 7.84. The predicted octanol–water partition coefficient (Wildman–Crippen LogP) is 1.66. The van der Waals surface area contributed by atoms with Crippen molar-refractivity contribution < 1.29 is 0 Å². The van der Waals surface area contributed by atoms with Crippen LogP contribution in [0.1, 0.15) is 19.8 Å². The molecule has 1 aromatic rings. The van der Waals surface area contributed by atoms with Gasteiger partial charge in [-0.15, -0.1) is 0 Å². The average molecular weight is 221 g/mol. The highest BCUT2D eigenvalue weighted by Crippen LogP contribution is 2.19. The monoisotopic (exact) mass is 221 g/mol. The Morgan fingerprint density at radius 1 is 1.25 bits per heavy atom. The van der Waals surface area contributed by atoms with E-state index in [4.69, 9.17) is 5.73 Å². The number of aromatic nitrogens is 1. The van der Waals surface area contributed by atoms with E-state index in [2.05, 4.69) is 17.2 Å². The van der Waals surface area contributed by atoms with Gasteiger partial charge in [-0.25, -0.2) is 0 Å². The van der Waals surface area contributed by atoms with Crippen LogP contribution in [0.15, 0.2) is 30.6 Å². The molecule has 0 radical (unpaired) electrons. The molecule has 0 amide bonds. The van der Waals surface area contributed by atoms with E-state index in [0.717, 1.165) is 18.4 Å². The van der Waals surface area contributed by atoms with E-state index in [-0.39, 0.29) is 0 Å². The first kappa shape index (κ1) is 13.1. The van der Waals surface area contributed by atoms with Crippen molar-refractivity contribution in [3.8, 4) is 0 Å². The summed E-state index contributed by atoms with van der Waals surface area (Å²) in [5, 5.41) is 3.35. The molecule has 1 saturated heterocycles. The predicted molar refractivity (Wildman–Crippen MR) is 68.0 cm³/mol. The van der Waals surface area contributed by atoms with Crippen LogP contribution in [-0.2, 0) is 0 Å². The van der Waals surface area contributed by atoms with E-state index >= 15 is 0 Å². The molecular weight excluding hydrogens is 198 g/mol. The van der Waals surface area contributed by atoms with Crippen molar-refractivity contribution in [2.75, 3.05) is 19.6 Å². The highest BCUT2D eigenvalue weighted by atomic mass is 14.9. The van der Waals surface area contributed by atoms with Gasteiger partial charge < -0.3 is 11.1 Å². The second kappa shape index (κ2) is 8.25. The number of nitrogens with one attached hydrogen (secondary N) is 1. The summed E-state index contributed by atoms with van der Waals surface area (Å²) in [5.74, 6) is 1.60. The van der Waals surface area contributed by atoms with Gasteiger partial charge in [0.05, 0.1) is 0 Å². The largest absolute Gasteiger partial charge is 0.330 e. The van der Waals surface area contributed by atoms with Crippen LogP contribution in [0.25, 0.3) is 0 Å². The number of piperidine rings is 1. The smallest absolute Gasteiger partial charge is 0.0267 e. The highest BCUT2D eigenvalue weighted by Gasteiger charge is 2.17. The average Bonchev–Trinajstić information content (AvgIpc) is 2.41.